The third-order valence-corrected chi connectivity index (χ3v) is 4.42. The molecule has 1 aromatic heterocycles. The number of fused-ring (bicyclic) bond motifs is 1. The molecule has 2 unspecified atom stereocenters. The highest BCUT2D eigenvalue weighted by molar-refractivity contribution is 5.77. The molecule has 3 rings (SSSR count). The van der Waals surface area contributed by atoms with E-state index >= 15 is 0 Å². The number of hydrogen-bond acceptors (Lipinski definition) is 3. The van der Waals surface area contributed by atoms with Crippen LogP contribution < -0.4 is 5.32 Å². The van der Waals surface area contributed by atoms with Crippen LogP contribution in [0, 0.1) is 11.3 Å². The second-order valence-electron chi connectivity index (χ2n) is 6.94. The highest BCUT2D eigenvalue weighted by Crippen LogP contribution is 2.42. The summed E-state index contributed by atoms with van der Waals surface area (Å²) in [6.07, 6.45) is 3.35. The van der Waals surface area contributed by atoms with Crippen molar-refractivity contribution in [3.8, 4) is 0 Å². The summed E-state index contributed by atoms with van der Waals surface area (Å²) in [5, 5.41) is 3.68. The number of rotatable bonds is 3. The van der Waals surface area contributed by atoms with Crippen LogP contribution in [0.15, 0.2) is 22.6 Å². The van der Waals surface area contributed by atoms with Crippen molar-refractivity contribution in [2.24, 2.45) is 11.3 Å². The summed E-state index contributed by atoms with van der Waals surface area (Å²) in [5.74, 6) is 1.52. The fraction of sp³-hybridized carbons (Fsp3) is 0.588. The number of aromatic nitrogens is 1. The molecule has 0 spiro atoms. The molecular formula is C17H24N2O. The fourth-order valence-corrected chi connectivity index (χ4v) is 3.52. The predicted octanol–water partition coefficient (Wildman–Crippen LogP) is 4.63. The van der Waals surface area contributed by atoms with Gasteiger partial charge in [-0.05, 0) is 42.4 Å². The van der Waals surface area contributed by atoms with Gasteiger partial charge < -0.3 is 9.73 Å². The van der Waals surface area contributed by atoms with Crippen LogP contribution in [0.1, 0.15) is 46.4 Å². The Morgan fingerprint density at radius 2 is 2.15 bits per heavy atom. The van der Waals surface area contributed by atoms with Gasteiger partial charge in [-0.25, -0.2) is 4.98 Å². The van der Waals surface area contributed by atoms with Crippen molar-refractivity contribution in [3.63, 3.8) is 0 Å². The van der Waals surface area contributed by atoms with E-state index in [1.54, 1.807) is 0 Å². The average Bonchev–Trinajstić information content (AvgIpc) is 2.89. The molecule has 3 nitrogen and oxygen atoms in total. The first-order valence-corrected chi connectivity index (χ1v) is 7.63. The summed E-state index contributed by atoms with van der Waals surface area (Å²) in [6.45, 7) is 9.13. The van der Waals surface area contributed by atoms with Gasteiger partial charge in [0, 0.05) is 18.2 Å². The van der Waals surface area contributed by atoms with Crippen molar-refractivity contribution in [2.45, 2.75) is 53.0 Å². The lowest BCUT2D eigenvalue weighted by molar-refractivity contribution is 0.366. The summed E-state index contributed by atoms with van der Waals surface area (Å²) in [4.78, 5) is 4.51. The number of nitrogens with zero attached hydrogens (tertiary/aromatic N) is 1. The van der Waals surface area contributed by atoms with E-state index in [4.69, 9.17) is 4.42 Å². The van der Waals surface area contributed by atoms with Gasteiger partial charge in [0.15, 0.2) is 11.5 Å². The van der Waals surface area contributed by atoms with Crippen LogP contribution >= 0.6 is 0 Å². The van der Waals surface area contributed by atoms with Crippen LogP contribution in [-0.2, 0) is 6.42 Å². The largest absolute Gasteiger partial charge is 0.441 e. The third-order valence-electron chi connectivity index (χ3n) is 4.42. The van der Waals surface area contributed by atoms with Gasteiger partial charge in [-0.15, -0.1) is 0 Å². The Bertz CT molecular complexity index is 614. The molecule has 0 amide bonds. The molecule has 0 radical (unpaired) electrons. The minimum atomic E-state index is 0.449. The average molecular weight is 272 g/mol. The topological polar surface area (TPSA) is 38.1 Å². The van der Waals surface area contributed by atoms with E-state index in [2.05, 4.69) is 50.1 Å². The maximum atomic E-state index is 5.66. The molecular weight excluding hydrogens is 248 g/mol. The van der Waals surface area contributed by atoms with Crippen molar-refractivity contribution >= 4 is 16.8 Å². The van der Waals surface area contributed by atoms with Gasteiger partial charge in [0.1, 0.15) is 5.52 Å². The first-order valence-electron chi connectivity index (χ1n) is 7.63. The molecule has 3 heteroatoms. The van der Waals surface area contributed by atoms with Gasteiger partial charge >= 0.3 is 0 Å². The quantitative estimate of drug-likeness (QED) is 0.885. The van der Waals surface area contributed by atoms with Gasteiger partial charge in [-0.2, -0.15) is 0 Å². The maximum absolute atomic E-state index is 5.66. The van der Waals surface area contributed by atoms with Crippen molar-refractivity contribution in [1.82, 2.24) is 4.98 Å². The lowest BCUT2D eigenvalue weighted by Gasteiger charge is -2.19. The lowest BCUT2D eigenvalue weighted by Crippen LogP contribution is -2.22. The Morgan fingerprint density at radius 1 is 1.35 bits per heavy atom. The Morgan fingerprint density at radius 3 is 2.80 bits per heavy atom. The van der Waals surface area contributed by atoms with Crippen molar-refractivity contribution in [1.29, 1.82) is 0 Å². The fourth-order valence-electron chi connectivity index (χ4n) is 3.52. The van der Waals surface area contributed by atoms with Crippen LogP contribution in [0.3, 0.4) is 0 Å². The van der Waals surface area contributed by atoms with Crippen LogP contribution in [0.5, 0.6) is 0 Å². The molecule has 1 N–H and O–H groups in total. The zero-order valence-electron chi connectivity index (χ0n) is 12.9. The Labute approximate surface area is 120 Å². The number of hydrogen-bond donors (Lipinski definition) is 1. The monoisotopic (exact) mass is 272 g/mol. The van der Waals surface area contributed by atoms with Gasteiger partial charge in [0.05, 0.1) is 0 Å². The second-order valence-corrected chi connectivity index (χ2v) is 6.94. The van der Waals surface area contributed by atoms with E-state index in [1.165, 1.54) is 12.8 Å². The molecule has 1 saturated carbocycles. The molecule has 0 aliphatic heterocycles. The van der Waals surface area contributed by atoms with Gasteiger partial charge in [0.2, 0.25) is 0 Å². The number of nitrogens with one attached hydrogen (secondary N) is 1. The van der Waals surface area contributed by atoms with E-state index in [0.29, 0.717) is 17.4 Å². The SMILES string of the molecule is CCc1nc2cc(NC3CC(C)(C)CC3C)ccc2o1. The van der Waals surface area contributed by atoms with Crippen LogP contribution in [-0.4, -0.2) is 11.0 Å². The standard InChI is InChI=1S/C17H24N2O/c1-5-16-19-13-8-12(6-7-15(13)20-16)18-14-10-17(3,4)9-11(14)2/h6-8,11,14,18H,5,9-10H2,1-4H3. The van der Waals surface area contributed by atoms with Crippen molar-refractivity contribution in [3.05, 3.63) is 24.1 Å². The second kappa shape index (κ2) is 4.80. The summed E-state index contributed by atoms with van der Waals surface area (Å²) in [6, 6.07) is 6.79. The van der Waals surface area contributed by atoms with E-state index in [-0.39, 0.29) is 0 Å². The minimum Gasteiger partial charge on any atom is -0.441 e. The van der Waals surface area contributed by atoms with Crippen LogP contribution in [0.2, 0.25) is 0 Å². The number of benzene rings is 1. The molecule has 2 aromatic rings. The van der Waals surface area contributed by atoms with E-state index in [0.717, 1.165) is 29.1 Å². The molecule has 2 atom stereocenters. The number of anilines is 1. The number of aryl methyl sites for hydroxylation is 1. The summed E-state index contributed by atoms with van der Waals surface area (Å²) in [7, 11) is 0. The first-order chi connectivity index (χ1) is 9.47. The lowest BCUT2D eigenvalue weighted by atomic mass is 9.91. The Kier molecular flexibility index (Phi) is 3.23. The van der Waals surface area contributed by atoms with Crippen molar-refractivity contribution in [2.75, 3.05) is 5.32 Å². The molecule has 0 saturated heterocycles. The molecule has 1 fully saturated rings. The number of oxazole rings is 1. The van der Waals surface area contributed by atoms with Gasteiger partial charge in [-0.3, -0.25) is 0 Å². The first kappa shape index (κ1) is 13.5. The molecule has 1 heterocycles. The van der Waals surface area contributed by atoms with Crippen LogP contribution in [0.25, 0.3) is 11.1 Å². The molecule has 20 heavy (non-hydrogen) atoms. The van der Waals surface area contributed by atoms with Crippen molar-refractivity contribution < 1.29 is 4.42 Å². The zero-order valence-corrected chi connectivity index (χ0v) is 12.9. The third kappa shape index (κ3) is 2.54. The minimum absolute atomic E-state index is 0.449. The maximum Gasteiger partial charge on any atom is 0.195 e. The normalized spacial score (nSPS) is 25.2. The molecule has 1 aliphatic carbocycles. The molecule has 0 bridgehead atoms. The summed E-state index contributed by atoms with van der Waals surface area (Å²) >= 11 is 0. The van der Waals surface area contributed by atoms with E-state index in [9.17, 15) is 0 Å². The Balaban J connectivity index is 1.81. The van der Waals surface area contributed by atoms with Gasteiger partial charge in [0.25, 0.3) is 0 Å². The van der Waals surface area contributed by atoms with Gasteiger partial charge in [-0.1, -0.05) is 27.7 Å². The molecule has 108 valence electrons. The summed E-state index contributed by atoms with van der Waals surface area (Å²) < 4.78 is 5.66. The zero-order chi connectivity index (χ0) is 14.3. The smallest absolute Gasteiger partial charge is 0.195 e. The highest BCUT2D eigenvalue weighted by Gasteiger charge is 2.36. The Hall–Kier alpha value is -1.51. The highest BCUT2D eigenvalue weighted by atomic mass is 16.3. The van der Waals surface area contributed by atoms with E-state index < -0.39 is 0 Å². The van der Waals surface area contributed by atoms with Crippen LogP contribution in [0.4, 0.5) is 5.69 Å². The predicted molar refractivity (Wildman–Crippen MR) is 83.0 cm³/mol. The molecule has 1 aliphatic rings. The summed E-state index contributed by atoms with van der Waals surface area (Å²) in [5.41, 5.74) is 3.44. The molecule has 1 aromatic carbocycles. The van der Waals surface area contributed by atoms with E-state index in [1.807, 2.05) is 6.07 Å².